The van der Waals surface area contributed by atoms with E-state index in [1.54, 1.807) is 24.3 Å². The van der Waals surface area contributed by atoms with Gasteiger partial charge < -0.3 is 10.6 Å². The van der Waals surface area contributed by atoms with Gasteiger partial charge in [0.05, 0.1) is 5.56 Å². The average molecular weight is 379 g/mol. The van der Waals surface area contributed by atoms with Crippen LogP contribution in [0.3, 0.4) is 0 Å². The Balaban J connectivity index is 2.05. The van der Waals surface area contributed by atoms with Gasteiger partial charge in [-0.05, 0) is 64.8 Å². The monoisotopic (exact) mass is 378 g/mol. The first-order valence-corrected chi connectivity index (χ1v) is 7.95. The quantitative estimate of drug-likeness (QED) is 0.826. The van der Waals surface area contributed by atoms with E-state index in [4.69, 9.17) is 0 Å². The van der Waals surface area contributed by atoms with Crippen LogP contribution in [0.25, 0.3) is 0 Å². The molecule has 2 aromatic rings. The molecule has 120 valence electrons. The molecule has 6 heteroatoms. The molecule has 0 atom stereocenters. The smallest absolute Gasteiger partial charge is 0.256 e. The summed E-state index contributed by atoms with van der Waals surface area (Å²) in [6, 6.07) is 10.4. The van der Waals surface area contributed by atoms with Crippen LogP contribution in [0, 0.1) is 5.82 Å². The molecule has 0 radical (unpaired) electrons. The minimum absolute atomic E-state index is 0.147. The fourth-order valence-corrected chi connectivity index (χ4v) is 2.45. The van der Waals surface area contributed by atoms with Crippen molar-refractivity contribution >= 4 is 33.4 Å². The summed E-state index contributed by atoms with van der Waals surface area (Å²) in [4.78, 5) is 24.0. The number of amides is 2. The number of nitrogens with one attached hydrogen (secondary N) is 2. The molecule has 0 unspecified atom stereocenters. The topological polar surface area (TPSA) is 58.2 Å². The second-order valence-electron chi connectivity index (χ2n) is 4.91. The van der Waals surface area contributed by atoms with E-state index in [0.717, 1.165) is 6.42 Å². The van der Waals surface area contributed by atoms with Crippen LogP contribution in [0.5, 0.6) is 0 Å². The van der Waals surface area contributed by atoms with Crippen molar-refractivity contribution in [1.82, 2.24) is 5.32 Å². The normalized spacial score (nSPS) is 10.2. The molecule has 0 aliphatic heterocycles. The molecule has 0 bridgehead atoms. The Hall–Kier alpha value is -2.21. The number of halogens is 2. The molecule has 2 N–H and O–H groups in total. The van der Waals surface area contributed by atoms with Crippen LogP contribution in [-0.2, 0) is 0 Å². The zero-order chi connectivity index (χ0) is 16.8. The molecule has 0 aliphatic carbocycles. The molecular formula is C17H16BrFN2O2. The van der Waals surface area contributed by atoms with Crippen molar-refractivity contribution in [3.05, 3.63) is 63.9 Å². The number of benzene rings is 2. The Morgan fingerprint density at radius 2 is 1.78 bits per heavy atom. The Morgan fingerprint density at radius 3 is 2.39 bits per heavy atom. The van der Waals surface area contributed by atoms with Crippen LogP contribution >= 0.6 is 15.9 Å². The van der Waals surface area contributed by atoms with Gasteiger partial charge in [-0.25, -0.2) is 4.39 Å². The highest BCUT2D eigenvalue weighted by Gasteiger charge is 2.11. The Bertz CT molecular complexity index is 717. The van der Waals surface area contributed by atoms with Gasteiger partial charge in [0.15, 0.2) is 0 Å². The van der Waals surface area contributed by atoms with Crippen LogP contribution in [0.2, 0.25) is 0 Å². The maximum atomic E-state index is 13.0. The van der Waals surface area contributed by atoms with E-state index in [-0.39, 0.29) is 11.8 Å². The maximum Gasteiger partial charge on any atom is 0.256 e. The predicted octanol–water partition coefficient (Wildman–Crippen LogP) is 3.98. The summed E-state index contributed by atoms with van der Waals surface area (Å²) in [5, 5.41) is 5.48. The number of rotatable bonds is 5. The summed E-state index contributed by atoms with van der Waals surface area (Å²) >= 11 is 3.16. The van der Waals surface area contributed by atoms with Crippen molar-refractivity contribution in [3.8, 4) is 0 Å². The third-order valence-corrected chi connectivity index (χ3v) is 3.77. The first kappa shape index (κ1) is 17.1. The highest BCUT2D eigenvalue weighted by atomic mass is 79.9. The molecule has 0 saturated heterocycles. The minimum atomic E-state index is -0.420. The number of anilines is 1. The standard InChI is InChI=1S/C17H16BrFN2O2/c1-2-9-20-16(22)11-3-6-13(7-4-11)21-17(23)14-8-5-12(19)10-15(14)18/h3-8,10H,2,9H2,1H3,(H,20,22)(H,21,23). The third kappa shape index (κ3) is 4.63. The van der Waals surface area contributed by atoms with E-state index >= 15 is 0 Å². The molecule has 2 aromatic carbocycles. The second-order valence-corrected chi connectivity index (χ2v) is 5.77. The summed E-state index contributed by atoms with van der Waals surface area (Å²) < 4.78 is 13.4. The largest absolute Gasteiger partial charge is 0.352 e. The Kier molecular flexibility index (Phi) is 5.87. The van der Waals surface area contributed by atoms with E-state index in [1.807, 2.05) is 6.92 Å². The van der Waals surface area contributed by atoms with E-state index in [0.29, 0.717) is 27.8 Å². The summed E-state index contributed by atoms with van der Waals surface area (Å²) in [7, 11) is 0. The highest BCUT2D eigenvalue weighted by Crippen LogP contribution is 2.20. The maximum absolute atomic E-state index is 13.0. The van der Waals surface area contributed by atoms with Crippen LogP contribution in [-0.4, -0.2) is 18.4 Å². The van der Waals surface area contributed by atoms with Crippen LogP contribution < -0.4 is 10.6 Å². The van der Waals surface area contributed by atoms with Gasteiger partial charge in [-0.2, -0.15) is 0 Å². The number of hydrogen-bond acceptors (Lipinski definition) is 2. The lowest BCUT2D eigenvalue weighted by Crippen LogP contribution is -2.23. The third-order valence-electron chi connectivity index (χ3n) is 3.12. The van der Waals surface area contributed by atoms with Crippen molar-refractivity contribution in [1.29, 1.82) is 0 Å². The number of carbonyl (C=O) groups excluding carboxylic acids is 2. The molecule has 2 rings (SSSR count). The number of carbonyl (C=O) groups is 2. The molecule has 4 nitrogen and oxygen atoms in total. The van der Waals surface area contributed by atoms with Gasteiger partial charge >= 0.3 is 0 Å². The van der Waals surface area contributed by atoms with E-state index in [9.17, 15) is 14.0 Å². The number of hydrogen-bond donors (Lipinski definition) is 2. The van der Waals surface area contributed by atoms with Crippen LogP contribution in [0.15, 0.2) is 46.9 Å². The van der Waals surface area contributed by atoms with Crippen LogP contribution in [0.1, 0.15) is 34.1 Å². The molecule has 23 heavy (non-hydrogen) atoms. The van der Waals surface area contributed by atoms with Gasteiger partial charge in [0, 0.05) is 22.3 Å². The lowest BCUT2D eigenvalue weighted by molar-refractivity contribution is 0.0953. The fraction of sp³-hybridized carbons (Fsp3) is 0.176. The van der Waals surface area contributed by atoms with Crippen molar-refractivity contribution in [3.63, 3.8) is 0 Å². The highest BCUT2D eigenvalue weighted by molar-refractivity contribution is 9.10. The Labute approximate surface area is 142 Å². The molecule has 0 fully saturated rings. The van der Waals surface area contributed by atoms with Gasteiger partial charge in [-0.3, -0.25) is 9.59 Å². The van der Waals surface area contributed by atoms with E-state index in [2.05, 4.69) is 26.6 Å². The lowest BCUT2D eigenvalue weighted by atomic mass is 10.1. The molecule has 0 spiro atoms. The van der Waals surface area contributed by atoms with Gasteiger partial charge in [0.1, 0.15) is 5.82 Å². The summed E-state index contributed by atoms with van der Waals surface area (Å²) in [6.07, 6.45) is 0.867. The molecular weight excluding hydrogens is 363 g/mol. The average Bonchev–Trinajstić information content (AvgIpc) is 2.53. The summed E-state index contributed by atoms with van der Waals surface area (Å²) in [5.74, 6) is -0.929. The predicted molar refractivity (Wildman–Crippen MR) is 91.1 cm³/mol. The zero-order valence-corrected chi connectivity index (χ0v) is 14.1. The fourth-order valence-electron chi connectivity index (χ4n) is 1.92. The van der Waals surface area contributed by atoms with E-state index in [1.165, 1.54) is 18.2 Å². The van der Waals surface area contributed by atoms with Crippen molar-refractivity contribution < 1.29 is 14.0 Å². The summed E-state index contributed by atoms with van der Waals surface area (Å²) in [6.45, 7) is 2.60. The first-order chi connectivity index (χ1) is 11.0. The Morgan fingerprint density at radius 1 is 1.09 bits per heavy atom. The van der Waals surface area contributed by atoms with Gasteiger partial charge in [0.2, 0.25) is 0 Å². The molecule has 0 heterocycles. The van der Waals surface area contributed by atoms with Crippen molar-refractivity contribution in [2.45, 2.75) is 13.3 Å². The lowest BCUT2D eigenvalue weighted by Gasteiger charge is -2.08. The van der Waals surface area contributed by atoms with Crippen molar-refractivity contribution in [2.75, 3.05) is 11.9 Å². The van der Waals surface area contributed by atoms with Gasteiger partial charge in [-0.15, -0.1) is 0 Å². The zero-order valence-electron chi connectivity index (χ0n) is 12.5. The SMILES string of the molecule is CCCNC(=O)c1ccc(NC(=O)c2ccc(F)cc2Br)cc1. The second kappa shape index (κ2) is 7.87. The first-order valence-electron chi connectivity index (χ1n) is 7.16. The molecule has 2 amide bonds. The van der Waals surface area contributed by atoms with E-state index < -0.39 is 5.82 Å². The van der Waals surface area contributed by atoms with Gasteiger partial charge in [0.25, 0.3) is 11.8 Å². The molecule has 0 saturated carbocycles. The minimum Gasteiger partial charge on any atom is -0.352 e. The van der Waals surface area contributed by atoms with Gasteiger partial charge in [-0.1, -0.05) is 6.92 Å². The molecule has 0 aromatic heterocycles. The van der Waals surface area contributed by atoms with Crippen LogP contribution in [0.4, 0.5) is 10.1 Å². The van der Waals surface area contributed by atoms with Crippen molar-refractivity contribution in [2.24, 2.45) is 0 Å². The summed E-state index contributed by atoms with van der Waals surface area (Å²) in [5.41, 5.74) is 1.41. The molecule has 0 aliphatic rings.